The summed E-state index contributed by atoms with van der Waals surface area (Å²) >= 11 is 24.0. The van der Waals surface area contributed by atoms with Crippen LogP contribution < -0.4 is 10.6 Å². The number of carbonyl (C=O) groups excluding carboxylic acids is 1. The molecule has 0 fully saturated rings. The maximum atomic E-state index is 12.4. The highest BCUT2D eigenvalue weighted by molar-refractivity contribution is 7.80. The van der Waals surface area contributed by atoms with Crippen LogP contribution in [0.4, 0.5) is 5.69 Å². The Morgan fingerprint density at radius 3 is 2.63 bits per heavy atom. The summed E-state index contributed by atoms with van der Waals surface area (Å²) in [6.45, 7) is 1.98. The highest BCUT2D eigenvalue weighted by atomic mass is 35.5. The van der Waals surface area contributed by atoms with E-state index in [0.29, 0.717) is 54.9 Å². The van der Waals surface area contributed by atoms with Gasteiger partial charge in [-0.1, -0.05) is 46.9 Å². The summed E-state index contributed by atoms with van der Waals surface area (Å²) in [5, 5.41) is 6.96. The van der Waals surface area contributed by atoms with Crippen LogP contribution in [0.3, 0.4) is 0 Å². The standard InChI is InChI=1S/C28H18Cl3N3O3S/c1-15-5-10-22-24(13-15)37-27(33-22)19-14-16(6-9-20(19)29)32-28(38)34-25(35)12-8-17-7-11-23(36-17)18-3-2-4-21(30)26(18)31/h2-14H,1H3,(H2,32,34,35,38). The van der Waals surface area contributed by atoms with Crippen molar-refractivity contribution in [3.8, 4) is 22.8 Å². The van der Waals surface area contributed by atoms with Crippen LogP contribution in [-0.4, -0.2) is 16.0 Å². The van der Waals surface area contributed by atoms with Gasteiger partial charge in [-0.2, -0.15) is 0 Å². The SMILES string of the molecule is Cc1ccc2nc(-c3cc(NC(=S)NC(=O)C=Cc4ccc(-c5cccc(Cl)c5Cl)o4)ccc3Cl)oc2c1. The zero-order valence-electron chi connectivity index (χ0n) is 19.7. The van der Waals surface area contributed by atoms with Gasteiger partial charge in [0.15, 0.2) is 10.7 Å². The quantitative estimate of drug-likeness (QED) is 0.160. The van der Waals surface area contributed by atoms with Gasteiger partial charge in [-0.05, 0) is 85.4 Å². The summed E-state index contributed by atoms with van der Waals surface area (Å²) in [5.41, 5.74) is 4.32. The molecule has 5 aromatic rings. The van der Waals surface area contributed by atoms with Crippen LogP contribution in [0.25, 0.3) is 40.0 Å². The molecule has 0 aliphatic heterocycles. The van der Waals surface area contributed by atoms with Crippen molar-refractivity contribution in [2.75, 3.05) is 5.32 Å². The first-order chi connectivity index (χ1) is 18.3. The molecule has 2 heterocycles. The Bertz CT molecular complexity index is 1730. The van der Waals surface area contributed by atoms with Crippen LogP contribution in [0.15, 0.2) is 81.6 Å². The second-order valence-corrected chi connectivity index (χ2v) is 9.87. The lowest BCUT2D eigenvalue weighted by Crippen LogP contribution is -2.32. The van der Waals surface area contributed by atoms with E-state index in [-0.39, 0.29) is 5.11 Å². The molecule has 0 unspecified atom stereocenters. The predicted molar refractivity (Wildman–Crippen MR) is 157 cm³/mol. The fourth-order valence-corrected chi connectivity index (χ4v) is 4.48. The van der Waals surface area contributed by atoms with Gasteiger partial charge in [-0.15, -0.1) is 0 Å². The highest BCUT2D eigenvalue weighted by Gasteiger charge is 2.14. The second-order valence-electron chi connectivity index (χ2n) is 8.26. The van der Waals surface area contributed by atoms with E-state index in [0.717, 1.165) is 11.1 Å². The molecule has 1 amide bonds. The molecular formula is C28H18Cl3N3O3S. The topological polar surface area (TPSA) is 80.3 Å². The zero-order chi connectivity index (χ0) is 26.8. The largest absolute Gasteiger partial charge is 0.457 e. The Labute approximate surface area is 238 Å². The number of benzene rings is 3. The number of hydrogen-bond acceptors (Lipinski definition) is 5. The van der Waals surface area contributed by atoms with E-state index in [1.807, 2.05) is 25.1 Å². The normalized spacial score (nSPS) is 11.3. The molecule has 3 aromatic carbocycles. The molecule has 0 spiro atoms. The molecule has 0 atom stereocenters. The average Bonchev–Trinajstić information content (AvgIpc) is 3.52. The summed E-state index contributed by atoms with van der Waals surface area (Å²) in [5.74, 6) is 0.932. The van der Waals surface area contributed by atoms with E-state index in [2.05, 4.69) is 15.6 Å². The number of aryl methyl sites for hydroxylation is 1. The third-order valence-electron chi connectivity index (χ3n) is 5.48. The van der Waals surface area contributed by atoms with Gasteiger partial charge in [0.25, 0.3) is 0 Å². The molecular weight excluding hydrogens is 565 g/mol. The minimum Gasteiger partial charge on any atom is -0.457 e. The Morgan fingerprint density at radius 1 is 0.947 bits per heavy atom. The van der Waals surface area contributed by atoms with Crippen molar-refractivity contribution < 1.29 is 13.6 Å². The van der Waals surface area contributed by atoms with E-state index in [1.165, 1.54) is 12.2 Å². The van der Waals surface area contributed by atoms with Crippen LogP contribution in [0.1, 0.15) is 11.3 Å². The summed E-state index contributed by atoms with van der Waals surface area (Å²) in [6.07, 6.45) is 2.83. The lowest BCUT2D eigenvalue weighted by Gasteiger charge is -2.09. The van der Waals surface area contributed by atoms with Crippen LogP contribution in [0.5, 0.6) is 0 Å². The van der Waals surface area contributed by atoms with Crippen molar-refractivity contribution in [2.24, 2.45) is 0 Å². The molecule has 0 radical (unpaired) electrons. The van der Waals surface area contributed by atoms with Gasteiger partial charge in [0.05, 0.1) is 20.6 Å². The Kier molecular flexibility index (Phi) is 7.53. The number of oxazole rings is 1. The summed E-state index contributed by atoms with van der Waals surface area (Å²) in [7, 11) is 0. The maximum absolute atomic E-state index is 12.4. The van der Waals surface area contributed by atoms with Gasteiger partial charge in [0.2, 0.25) is 11.8 Å². The van der Waals surface area contributed by atoms with Gasteiger partial charge < -0.3 is 14.2 Å². The molecule has 5 rings (SSSR count). The first-order valence-corrected chi connectivity index (χ1v) is 12.8. The van der Waals surface area contributed by atoms with Crippen molar-refractivity contribution in [2.45, 2.75) is 6.92 Å². The number of furan rings is 1. The molecule has 10 heteroatoms. The number of carbonyl (C=O) groups is 1. The number of hydrogen-bond donors (Lipinski definition) is 2. The summed E-state index contributed by atoms with van der Waals surface area (Å²) in [4.78, 5) is 16.9. The predicted octanol–water partition coefficient (Wildman–Crippen LogP) is 8.55. The minimum absolute atomic E-state index is 0.104. The maximum Gasteiger partial charge on any atom is 0.250 e. The van der Waals surface area contributed by atoms with Crippen molar-refractivity contribution in [1.29, 1.82) is 0 Å². The van der Waals surface area contributed by atoms with Gasteiger partial charge in [0, 0.05) is 17.3 Å². The minimum atomic E-state index is -0.440. The van der Waals surface area contributed by atoms with Crippen molar-refractivity contribution in [1.82, 2.24) is 10.3 Å². The second kappa shape index (κ2) is 11.0. The van der Waals surface area contributed by atoms with E-state index < -0.39 is 5.91 Å². The van der Waals surface area contributed by atoms with Crippen LogP contribution in [0, 0.1) is 6.92 Å². The van der Waals surface area contributed by atoms with E-state index in [9.17, 15) is 4.79 Å². The fraction of sp³-hybridized carbons (Fsp3) is 0.0357. The number of rotatable bonds is 5. The van der Waals surface area contributed by atoms with Gasteiger partial charge in [-0.25, -0.2) is 4.98 Å². The van der Waals surface area contributed by atoms with Crippen molar-refractivity contribution >= 4 is 80.9 Å². The van der Waals surface area contributed by atoms with E-state index in [1.54, 1.807) is 48.5 Å². The Morgan fingerprint density at radius 2 is 1.79 bits per heavy atom. The van der Waals surface area contributed by atoms with Crippen molar-refractivity contribution in [3.05, 3.63) is 99.2 Å². The third kappa shape index (κ3) is 5.76. The van der Waals surface area contributed by atoms with Crippen LogP contribution in [0.2, 0.25) is 15.1 Å². The molecule has 2 N–H and O–H groups in total. The lowest BCUT2D eigenvalue weighted by atomic mass is 10.2. The number of amides is 1. The van der Waals surface area contributed by atoms with Crippen LogP contribution in [-0.2, 0) is 4.79 Å². The number of nitrogens with one attached hydrogen (secondary N) is 2. The van der Waals surface area contributed by atoms with Gasteiger partial charge in [-0.3, -0.25) is 10.1 Å². The van der Waals surface area contributed by atoms with E-state index >= 15 is 0 Å². The lowest BCUT2D eigenvalue weighted by molar-refractivity contribution is -0.115. The molecule has 6 nitrogen and oxygen atoms in total. The fourth-order valence-electron chi connectivity index (χ4n) is 3.67. The Balaban J connectivity index is 1.24. The number of nitrogens with zero attached hydrogens (tertiary/aromatic N) is 1. The van der Waals surface area contributed by atoms with Gasteiger partial charge >= 0.3 is 0 Å². The molecule has 0 aliphatic carbocycles. The molecule has 190 valence electrons. The molecule has 0 bridgehead atoms. The number of thiocarbonyl (C=S) groups is 1. The molecule has 0 aliphatic rings. The van der Waals surface area contributed by atoms with Gasteiger partial charge in [0.1, 0.15) is 17.0 Å². The summed E-state index contributed by atoms with van der Waals surface area (Å²) in [6, 6.07) is 19.7. The number of anilines is 1. The van der Waals surface area contributed by atoms with Crippen molar-refractivity contribution in [3.63, 3.8) is 0 Å². The average molecular weight is 583 g/mol. The monoisotopic (exact) mass is 581 g/mol. The van der Waals surface area contributed by atoms with E-state index in [4.69, 9.17) is 55.9 Å². The number of aromatic nitrogens is 1. The summed E-state index contributed by atoms with van der Waals surface area (Å²) < 4.78 is 11.7. The molecule has 0 saturated carbocycles. The molecule has 2 aromatic heterocycles. The number of fused-ring (bicyclic) bond motifs is 1. The number of halogens is 3. The molecule has 38 heavy (non-hydrogen) atoms. The highest BCUT2D eigenvalue weighted by Crippen LogP contribution is 2.35. The third-order valence-corrected chi connectivity index (χ3v) is 6.83. The van der Waals surface area contributed by atoms with Crippen LogP contribution >= 0.6 is 47.0 Å². The smallest absolute Gasteiger partial charge is 0.250 e. The zero-order valence-corrected chi connectivity index (χ0v) is 22.8. The first kappa shape index (κ1) is 26.0. The first-order valence-electron chi connectivity index (χ1n) is 11.3. The molecule has 0 saturated heterocycles. The Hall–Kier alpha value is -3.62.